The summed E-state index contributed by atoms with van der Waals surface area (Å²) in [7, 11) is 0. The van der Waals surface area contributed by atoms with E-state index in [9.17, 15) is 9.59 Å². The average Bonchev–Trinajstić information content (AvgIpc) is 3.57. The Hall–Kier alpha value is -3.91. The van der Waals surface area contributed by atoms with Gasteiger partial charge in [-0.25, -0.2) is 9.97 Å². The number of anilines is 1. The fourth-order valence-electron chi connectivity index (χ4n) is 4.05. The van der Waals surface area contributed by atoms with Crippen molar-refractivity contribution in [3.63, 3.8) is 0 Å². The Morgan fingerprint density at radius 1 is 1.00 bits per heavy atom. The number of pyridine rings is 1. The number of rotatable bonds is 7. The molecule has 2 aromatic heterocycles. The Labute approximate surface area is 201 Å². The first-order valence-electron chi connectivity index (χ1n) is 11.0. The van der Waals surface area contributed by atoms with Gasteiger partial charge in [-0.2, -0.15) is 0 Å². The van der Waals surface area contributed by atoms with E-state index in [4.69, 9.17) is 0 Å². The van der Waals surface area contributed by atoms with Crippen LogP contribution in [-0.2, 0) is 17.8 Å². The number of nitrogens with one attached hydrogen (secondary N) is 1. The second-order valence-electron chi connectivity index (χ2n) is 7.85. The molecule has 0 unspecified atom stereocenters. The maximum absolute atomic E-state index is 13.0. The first kappa shape index (κ1) is 21.9. The lowest BCUT2D eigenvalue weighted by molar-refractivity contribution is -0.116. The Morgan fingerprint density at radius 3 is 2.74 bits per heavy atom. The van der Waals surface area contributed by atoms with Gasteiger partial charge in [-0.1, -0.05) is 36.4 Å². The highest BCUT2D eigenvalue weighted by Crippen LogP contribution is 2.29. The number of aromatic nitrogens is 3. The van der Waals surface area contributed by atoms with Crippen LogP contribution in [0.15, 0.2) is 90.5 Å². The molecule has 34 heavy (non-hydrogen) atoms. The molecule has 3 heterocycles. The number of nitrogens with zero attached hydrogens (tertiary/aromatic N) is 4. The molecule has 7 nitrogen and oxygen atoms in total. The van der Waals surface area contributed by atoms with E-state index < -0.39 is 0 Å². The molecule has 0 saturated heterocycles. The summed E-state index contributed by atoms with van der Waals surface area (Å²) in [6.45, 7) is 1.02. The molecule has 2 aromatic carbocycles. The smallest absolute Gasteiger partial charge is 0.252 e. The zero-order valence-electron chi connectivity index (χ0n) is 18.4. The van der Waals surface area contributed by atoms with E-state index >= 15 is 0 Å². The first-order chi connectivity index (χ1) is 16.7. The standard InChI is InChI=1S/C26H23N5O2S/c32-24(31-14-11-19-6-1-3-9-22(19)31)17-34-23-10-4-2-8-21(23)26(33)29-16-20-7-5-12-28-25(20)30-15-13-27-18-30/h1-10,12-13,15,18H,11,14,16-17H2,(H,29,33). The number of hydrogen-bond donors (Lipinski definition) is 1. The van der Waals surface area contributed by atoms with Crippen LogP contribution < -0.4 is 10.2 Å². The average molecular weight is 470 g/mol. The predicted octanol–water partition coefficient (Wildman–Crippen LogP) is 3.88. The normalized spacial score (nSPS) is 12.4. The lowest BCUT2D eigenvalue weighted by Crippen LogP contribution is -2.30. The molecule has 0 spiro atoms. The van der Waals surface area contributed by atoms with Crippen LogP contribution in [0.1, 0.15) is 21.5 Å². The Balaban J connectivity index is 1.25. The number of carbonyl (C=O) groups is 2. The predicted molar refractivity (Wildman–Crippen MR) is 132 cm³/mol. The quantitative estimate of drug-likeness (QED) is 0.416. The van der Waals surface area contributed by atoms with Crippen molar-refractivity contribution in [3.8, 4) is 5.82 Å². The van der Waals surface area contributed by atoms with Gasteiger partial charge < -0.3 is 10.2 Å². The minimum Gasteiger partial charge on any atom is -0.348 e. The molecule has 5 rings (SSSR count). The number of hydrogen-bond acceptors (Lipinski definition) is 5. The molecule has 0 fully saturated rings. The van der Waals surface area contributed by atoms with E-state index in [1.807, 2.05) is 64.2 Å². The fraction of sp³-hybridized carbons (Fsp3) is 0.154. The molecule has 1 N–H and O–H groups in total. The summed E-state index contributed by atoms with van der Waals surface area (Å²) in [5.74, 6) is 0.846. The van der Waals surface area contributed by atoms with Crippen LogP contribution in [0.3, 0.4) is 0 Å². The molecule has 1 aliphatic rings. The van der Waals surface area contributed by atoms with Gasteiger partial charge in [0.2, 0.25) is 5.91 Å². The van der Waals surface area contributed by atoms with Gasteiger partial charge in [-0.05, 0) is 36.2 Å². The van der Waals surface area contributed by atoms with E-state index in [-0.39, 0.29) is 17.6 Å². The monoisotopic (exact) mass is 469 g/mol. The first-order valence-corrected chi connectivity index (χ1v) is 12.0. The van der Waals surface area contributed by atoms with Gasteiger partial charge >= 0.3 is 0 Å². The number of thioether (sulfide) groups is 1. The third-order valence-corrected chi connectivity index (χ3v) is 6.79. The Morgan fingerprint density at radius 2 is 1.85 bits per heavy atom. The summed E-state index contributed by atoms with van der Waals surface area (Å²) in [6, 6.07) is 19.2. The molecule has 0 atom stereocenters. The van der Waals surface area contributed by atoms with E-state index in [1.54, 1.807) is 24.8 Å². The molecular formula is C26H23N5O2S. The number of amides is 2. The molecule has 170 valence electrons. The van der Waals surface area contributed by atoms with Crippen LogP contribution in [0.25, 0.3) is 5.82 Å². The van der Waals surface area contributed by atoms with Crippen molar-refractivity contribution < 1.29 is 9.59 Å². The molecule has 4 aromatic rings. The van der Waals surface area contributed by atoms with Crippen molar-refractivity contribution in [2.45, 2.75) is 17.9 Å². The van der Waals surface area contributed by atoms with Gasteiger partial charge in [-0.15, -0.1) is 11.8 Å². The van der Waals surface area contributed by atoms with Gasteiger partial charge in [0, 0.05) is 47.8 Å². The van der Waals surface area contributed by atoms with E-state index in [1.165, 1.54) is 17.3 Å². The molecule has 1 aliphatic heterocycles. The van der Waals surface area contributed by atoms with Crippen molar-refractivity contribution in [1.82, 2.24) is 19.9 Å². The zero-order valence-corrected chi connectivity index (χ0v) is 19.2. The molecule has 0 radical (unpaired) electrons. The van der Waals surface area contributed by atoms with Gasteiger partial charge in [0.15, 0.2) is 0 Å². The van der Waals surface area contributed by atoms with E-state index in [0.717, 1.165) is 28.4 Å². The molecule has 0 saturated carbocycles. The largest absolute Gasteiger partial charge is 0.348 e. The fourth-order valence-corrected chi connectivity index (χ4v) is 4.98. The summed E-state index contributed by atoms with van der Waals surface area (Å²) < 4.78 is 1.81. The lowest BCUT2D eigenvalue weighted by Gasteiger charge is -2.17. The maximum Gasteiger partial charge on any atom is 0.252 e. The Bertz CT molecular complexity index is 1320. The minimum atomic E-state index is -0.192. The van der Waals surface area contributed by atoms with Gasteiger partial charge in [0.05, 0.1) is 11.3 Å². The molecular weight excluding hydrogens is 446 g/mol. The summed E-state index contributed by atoms with van der Waals surface area (Å²) in [5, 5.41) is 2.99. The molecule has 8 heteroatoms. The van der Waals surface area contributed by atoms with Crippen molar-refractivity contribution >= 4 is 29.3 Å². The van der Waals surface area contributed by atoms with Crippen LogP contribution in [0, 0.1) is 0 Å². The molecule has 2 amide bonds. The number of para-hydroxylation sites is 1. The SMILES string of the molecule is O=C(NCc1cccnc1-n1ccnc1)c1ccccc1SCC(=O)N1CCc2ccccc21. The zero-order chi connectivity index (χ0) is 23.3. The van der Waals surface area contributed by atoms with E-state index in [2.05, 4.69) is 21.4 Å². The van der Waals surface area contributed by atoms with Crippen molar-refractivity contribution in [2.75, 3.05) is 17.2 Å². The van der Waals surface area contributed by atoms with E-state index in [0.29, 0.717) is 18.7 Å². The summed E-state index contributed by atoms with van der Waals surface area (Å²) >= 11 is 1.39. The maximum atomic E-state index is 13.0. The van der Waals surface area contributed by atoms with Gasteiger partial charge in [0.1, 0.15) is 12.1 Å². The van der Waals surface area contributed by atoms with Crippen molar-refractivity contribution in [1.29, 1.82) is 0 Å². The highest BCUT2D eigenvalue weighted by molar-refractivity contribution is 8.00. The third-order valence-electron chi connectivity index (χ3n) is 5.73. The van der Waals surface area contributed by atoms with Crippen LogP contribution in [0.5, 0.6) is 0 Å². The topological polar surface area (TPSA) is 80.1 Å². The van der Waals surface area contributed by atoms with Gasteiger partial charge in [0.25, 0.3) is 5.91 Å². The van der Waals surface area contributed by atoms with Crippen LogP contribution in [0.2, 0.25) is 0 Å². The number of carbonyl (C=O) groups excluding carboxylic acids is 2. The van der Waals surface area contributed by atoms with Crippen LogP contribution >= 0.6 is 11.8 Å². The number of benzene rings is 2. The van der Waals surface area contributed by atoms with Crippen molar-refractivity contribution in [3.05, 3.63) is 102 Å². The third kappa shape index (κ3) is 4.58. The lowest BCUT2D eigenvalue weighted by atomic mass is 10.2. The summed E-state index contributed by atoms with van der Waals surface area (Å²) in [5.41, 5.74) is 3.62. The molecule has 0 bridgehead atoms. The second-order valence-corrected chi connectivity index (χ2v) is 8.86. The summed E-state index contributed by atoms with van der Waals surface area (Å²) in [6.07, 6.45) is 7.76. The van der Waals surface area contributed by atoms with Crippen LogP contribution in [-0.4, -0.2) is 38.6 Å². The molecule has 0 aliphatic carbocycles. The second kappa shape index (κ2) is 9.93. The number of imidazole rings is 1. The van der Waals surface area contributed by atoms with Gasteiger partial charge in [-0.3, -0.25) is 14.2 Å². The van der Waals surface area contributed by atoms with Crippen LogP contribution in [0.4, 0.5) is 5.69 Å². The van der Waals surface area contributed by atoms with Crippen molar-refractivity contribution in [2.24, 2.45) is 0 Å². The minimum absolute atomic E-state index is 0.0468. The Kier molecular flexibility index (Phi) is 6.40. The highest BCUT2D eigenvalue weighted by atomic mass is 32.2. The number of fused-ring (bicyclic) bond motifs is 1. The summed E-state index contributed by atoms with van der Waals surface area (Å²) in [4.78, 5) is 37.1. The highest BCUT2D eigenvalue weighted by Gasteiger charge is 2.24.